The van der Waals surface area contributed by atoms with Crippen molar-refractivity contribution in [1.29, 1.82) is 0 Å². The second-order valence-corrected chi connectivity index (χ2v) is 6.09. The van der Waals surface area contributed by atoms with E-state index in [2.05, 4.69) is 32.7 Å². The molecule has 0 saturated heterocycles. The minimum atomic E-state index is 0.0694. The highest BCUT2D eigenvalue weighted by molar-refractivity contribution is 9.10. The summed E-state index contributed by atoms with van der Waals surface area (Å²) in [7, 11) is 0. The monoisotopic (exact) mass is 329 g/mol. The molecule has 17 heavy (non-hydrogen) atoms. The van der Waals surface area contributed by atoms with Crippen molar-refractivity contribution < 1.29 is 4.74 Å². The number of hydrogen-bond donors (Lipinski definition) is 1. The summed E-state index contributed by atoms with van der Waals surface area (Å²) in [4.78, 5) is 1.21. The maximum absolute atomic E-state index is 5.95. The number of thiophene rings is 1. The average Bonchev–Trinajstić information content (AvgIpc) is 2.75. The number of nitrogens with one attached hydrogen (secondary N) is 1. The zero-order valence-corrected chi connectivity index (χ0v) is 11.9. The molecule has 1 aromatic carbocycles. The SMILES string of the molecule is Clc1ccc2c(c1)NCC(c1cc(Br)cs1)O2. The van der Waals surface area contributed by atoms with Crippen molar-refractivity contribution in [3.05, 3.63) is 44.0 Å². The summed E-state index contributed by atoms with van der Waals surface area (Å²) in [6.07, 6.45) is 0.0694. The van der Waals surface area contributed by atoms with Crippen molar-refractivity contribution >= 4 is 44.6 Å². The van der Waals surface area contributed by atoms with Crippen LogP contribution in [0.2, 0.25) is 5.02 Å². The molecule has 1 N–H and O–H groups in total. The Labute approximate surface area is 117 Å². The van der Waals surface area contributed by atoms with Gasteiger partial charge in [0.15, 0.2) is 6.10 Å². The fourth-order valence-electron chi connectivity index (χ4n) is 1.80. The van der Waals surface area contributed by atoms with Crippen molar-refractivity contribution in [2.75, 3.05) is 11.9 Å². The Bertz CT molecular complexity index is 557. The van der Waals surface area contributed by atoms with Gasteiger partial charge in [-0.15, -0.1) is 11.3 Å². The Kier molecular flexibility index (Phi) is 3.03. The molecule has 88 valence electrons. The van der Waals surface area contributed by atoms with Gasteiger partial charge in [0.05, 0.1) is 12.2 Å². The lowest BCUT2D eigenvalue weighted by Crippen LogP contribution is -2.22. The van der Waals surface area contributed by atoms with Gasteiger partial charge in [0.1, 0.15) is 5.75 Å². The zero-order valence-electron chi connectivity index (χ0n) is 8.74. The van der Waals surface area contributed by atoms with Crippen LogP contribution in [0.5, 0.6) is 5.75 Å². The summed E-state index contributed by atoms with van der Waals surface area (Å²) in [5.41, 5.74) is 0.962. The number of fused-ring (bicyclic) bond motifs is 1. The first-order chi connectivity index (χ1) is 8.22. The molecular weight excluding hydrogens is 322 g/mol. The molecule has 1 atom stereocenters. The second kappa shape index (κ2) is 4.52. The average molecular weight is 331 g/mol. The summed E-state index contributed by atoms with van der Waals surface area (Å²) >= 11 is 11.1. The van der Waals surface area contributed by atoms with E-state index < -0.39 is 0 Å². The quantitative estimate of drug-likeness (QED) is 0.817. The van der Waals surface area contributed by atoms with Gasteiger partial charge in [-0.1, -0.05) is 11.6 Å². The smallest absolute Gasteiger partial charge is 0.150 e. The topological polar surface area (TPSA) is 21.3 Å². The van der Waals surface area contributed by atoms with Crippen LogP contribution in [0, 0.1) is 0 Å². The van der Waals surface area contributed by atoms with E-state index in [1.807, 2.05) is 18.2 Å². The molecule has 0 spiro atoms. The van der Waals surface area contributed by atoms with Crippen LogP contribution in [0.15, 0.2) is 34.1 Å². The number of ether oxygens (including phenoxy) is 1. The first-order valence-electron chi connectivity index (χ1n) is 5.16. The van der Waals surface area contributed by atoms with Gasteiger partial charge >= 0.3 is 0 Å². The van der Waals surface area contributed by atoms with E-state index in [0.717, 1.165) is 27.5 Å². The van der Waals surface area contributed by atoms with E-state index >= 15 is 0 Å². The largest absolute Gasteiger partial charge is 0.481 e. The molecule has 0 fully saturated rings. The normalized spacial score (nSPS) is 18.1. The Morgan fingerprint density at radius 1 is 1.41 bits per heavy atom. The fourth-order valence-corrected chi connectivity index (χ4v) is 3.44. The minimum Gasteiger partial charge on any atom is -0.481 e. The summed E-state index contributed by atoms with van der Waals surface area (Å²) in [6, 6.07) is 7.73. The fraction of sp³-hybridized carbons (Fsp3) is 0.167. The molecule has 1 aliphatic heterocycles. The molecule has 0 radical (unpaired) electrons. The van der Waals surface area contributed by atoms with Crippen LogP contribution in [0.4, 0.5) is 5.69 Å². The molecule has 3 rings (SSSR count). The zero-order chi connectivity index (χ0) is 11.8. The molecule has 1 aromatic heterocycles. The van der Waals surface area contributed by atoms with Gasteiger partial charge in [-0.2, -0.15) is 0 Å². The molecule has 0 bridgehead atoms. The van der Waals surface area contributed by atoms with Crippen molar-refractivity contribution in [2.45, 2.75) is 6.10 Å². The summed E-state index contributed by atoms with van der Waals surface area (Å²) < 4.78 is 7.05. The number of hydrogen-bond acceptors (Lipinski definition) is 3. The Morgan fingerprint density at radius 3 is 3.06 bits per heavy atom. The number of anilines is 1. The lowest BCUT2D eigenvalue weighted by molar-refractivity contribution is 0.214. The number of halogens is 2. The number of benzene rings is 1. The van der Waals surface area contributed by atoms with Gasteiger partial charge in [0.25, 0.3) is 0 Å². The van der Waals surface area contributed by atoms with Gasteiger partial charge in [-0.25, -0.2) is 0 Å². The highest BCUT2D eigenvalue weighted by atomic mass is 79.9. The van der Waals surface area contributed by atoms with E-state index in [-0.39, 0.29) is 6.10 Å². The molecular formula is C12H9BrClNOS. The van der Waals surface area contributed by atoms with Crippen LogP contribution in [0.1, 0.15) is 11.0 Å². The molecule has 1 aliphatic rings. The number of rotatable bonds is 1. The lowest BCUT2D eigenvalue weighted by Gasteiger charge is -2.26. The first-order valence-corrected chi connectivity index (χ1v) is 7.21. The summed E-state index contributed by atoms with van der Waals surface area (Å²) in [6.45, 7) is 0.764. The van der Waals surface area contributed by atoms with Crippen LogP contribution in [0.3, 0.4) is 0 Å². The maximum atomic E-state index is 5.95. The van der Waals surface area contributed by atoms with Crippen molar-refractivity contribution in [1.82, 2.24) is 0 Å². The first kappa shape index (κ1) is 11.4. The molecule has 0 saturated carbocycles. The third-order valence-corrected chi connectivity index (χ3v) is 4.61. The van der Waals surface area contributed by atoms with E-state index in [0.29, 0.717) is 0 Å². The Hall–Kier alpha value is -0.710. The highest BCUT2D eigenvalue weighted by Crippen LogP contribution is 2.37. The van der Waals surface area contributed by atoms with E-state index in [1.54, 1.807) is 11.3 Å². The van der Waals surface area contributed by atoms with Crippen molar-refractivity contribution in [3.8, 4) is 5.75 Å². The van der Waals surface area contributed by atoms with Crippen LogP contribution in [-0.4, -0.2) is 6.54 Å². The third kappa shape index (κ3) is 2.30. The molecule has 0 amide bonds. The molecule has 1 unspecified atom stereocenters. The van der Waals surface area contributed by atoms with Crippen LogP contribution in [-0.2, 0) is 0 Å². The molecule has 2 aromatic rings. The van der Waals surface area contributed by atoms with Crippen molar-refractivity contribution in [3.63, 3.8) is 0 Å². The van der Waals surface area contributed by atoms with Gasteiger partial charge in [0.2, 0.25) is 0 Å². The lowest BCUT2D eigenvalue weighted by atomic mass is 10.2. The Balaban J connectivity index is 1.88. The van der Waals surface area contributed by atoms with Crippen molar-refractivity contribution in [2.24, 2.45) is 0 Å². The van der Waals surface area contributed by atoms with E-state index in [1.165, 1.54) is 4.88 Å². The summed E-state index contributed by atoms with van der Waals surface area (Å²) in [5.74, 6) is 0.857. The van der Waals surface area contributed by atoms with Gasteiger partial charge in [0, 0.05) is 19.8 Å². The predicted molar refractivity (Wildman–Crippen MR) is 75.3 cm³/mol. The van der Waals surface area contributed by atoms with E-state index in [4.69, 9.17) is 16.3 Å². The van der Waals surface area contributed by atoms with Gasteiger partial charge in [-0.3, -0.25) is 0 Å². The Morgan fingerprint density at radius 2 is 2.29 bits per heavy atom. The van der Waals surface area contributed by atoms with E-state index in [9.17, 15) is 0 Å². The highest BCUT2D eigenvalue weighted by Gasteiger charge is 2.22. The van der Waals surface area contributed by atoms with Gasteiger partial charge in [-0.05, 0) is 40.2 Å². The molecule has 0 aliphatic carbocycles. The summed E-state index contributed by atoms with van der Waals surface area (Å²) in [5, 5.41) is 6.13. The standard InChI is InChI=1S/C12H9BrClNOS/c13-7-3-12(17-6-7)11-5-15-9-4-8(14)1-2-10(9)16-11/h1-4,6,11,15H,5H2. The van der Waals surface area contributed by atoms with Crippen LogP contribution >= 0.6 is 38.9 Å². The van der Waals surface area contributed by atoms with Gasteiger partial charge < -0.3 is 10.1 Å². The maximum Gasteiger partial charge on any atom is 0.150 e. The third-order valence-electron chi connectivity index (χ3n) is 2.59. The molecule has 2 nitrogen and oxygen atoms in total. The van der Waals surface area contributed by atoms with Crippen LogP contribution < -0.4 is 10.1 Å². The molecule has 5 heteroatoms. The molecule has 2 heterocycles. The second-order valence-electron chi connectivity index (χ2n) is 3.80. The minimum absolute atomic E-state index is 0.0694. The predicted octanol–water partition coefficient (Wildman–Crippen LogP) is 4.71. The van der Waals surface area contributed by atoms with Crippen LogP contribution in [0.25, 0.3) is 0 Å².